The molecule has 2 N–H and O–H groups in total. The predicted octanol–water partition coefficient (Wildman–Crippen LogP) is 3.99. The van der Waals surface area contributed by atoms with E-state index in [0.29, 0.717) is 24.6 Å². The Balaban J connectivity index is 1.47. The van der Waals surface area contributed by atoms with Crippen LogP contribution in [-0.2, 0) is 9.59 Å². The molecule has 1 heterocycles. The molecular weight excluding hydrogens is 378 g/mol. The molecule has 6 nitrogen and oxygen atoms in total. The molecule has 0 radical (unpaired) electrons. The van der Waals surface area contributed by atoms with E-state index in [0.717, 1.165) is 37.2 Å². The van der Waals surface area contributed by atoms with Crippen molar-refractivity contribution in [1.29, 1.82) is 0 Å². The van der Waals surface area contributed by atoms with Gasteiger partial charge >= 0.3 is 0 Å². The summed E-state index contributed by atoms with van der Waals surface area (Å²) < 4.78 is 5.58. The van der Waals surface area contributed by atoms with Gasteiger partial charge in [-0.15, -0.1) is 0 Å². The number of piperidine rings is 1. The molecule has 160 valence electrons. The molecule has 0 bridgehead atoms. The van der Waals surface area contributed by atoms with Crippen LogP contribution in [-0.4, -0.2) is 43.0 Å². The van der Waals surface area contributed by atoms with E-state index in [-0.39, 0.29) is 17.7 Å². The number of amides is 2. The maximum absolute atomic E-state index is 12.7. The van der Waals surface area contributed by atoms with E-state index in [1.165, 1.54) is 5.56 Å². The quantitative estimate of drug-likeness (QED) is 0.725. The standard InChI is InChI=1S/C24H31N3O3/c1-4-30-22-8-6-5-7-21(22)26-24(29)19-11-13-27(14-12-19)16-23(28)25-20-10-9-17(2)15-18(20)3/h5-10,15,19H,4,11-14,16H2,1-3H3,(H,25,28)(H,26,29). The van der Waals surface area contributed by atoms with Crippen LogP contribution in [0.3, 0.4) is 0 Å². The van der Waals surface area contributed by atoms with Crippen molar-refractivity contribution in [2.45, 2.75) is 33.6 Å². The molecule has 6 heteroatoms. The Bertz CT molecular complexity index is 889. The molecule has 1 aliphatic heterocycles. The molecule has 0 atom stereocenters. The number of hydrogen-bond acceptors (Lipinski definition) is 4. The number of hydrogen-bond donors (Lipinski definition) is 2. The van der Waals surface area contributed by atoms with Crippen LogP contribution < -0.4 is 15.4 Å². The molecule has 0 aromatic heterocycles. The lowest BCUT2D eigenvalue weighted by Gasteiger charge is -2.30. The molecule has 3 rings (SSSR count). The van der Waals surface area contributed by atoms with Crippen LogP contribution in [0.25, 0.3) is 0 Å². The Morgan fingerprint density at radius 2 is 1.77 bits per heavy atom. The summed E-state index contributed by atoms with van der Waals surface area (Å²) in [6.07, 6.45) is 1.47. The van der Waals surface area contributed by atoms with Gasteiger partial charge in [-0.3, -0.25) is 14.5 Å². The fourth-order valence-electron chi connectivity index (χ4n) is 3.79. The lowest BCUT2D eigenvalue weighted by molar-refractivity contribution is -0.121. The number of ether oxygens (including phenoxy) is 1. The number of carbonyl (C=O) groups excluding carboxylic acids is 2. The maximum atomic E-state index is 12.7. The second-order valence-corrected chi connectivity index (χ2v) is 7.84. The van der Waals surface area contributed by atoms with Gasteiger partial charge in [0.25, 0.3) is 0 Å². The van der Waals surface area contributed by atoms with Crippen molar-refractivity contribution in [3.05, 3.63) is 53.6 Å². The highest BCUT2D eigenvalue weighted by atomic mass is 16.5. The molecule has 1 fully saturated rings. The third-order valence-corrected chi connectivity index (χ3v) is 5.43. The molecule has 0 unspecified atom stereocenters. The maximum Gasteiger partial charge on any atom is 0.238 e. The number of likely N-dealkylation sites (tertiary alicyclic amines) is 1. The highest BCUT2D eigenvalue weighted by molar-refractivity contribution is 5.94. The number of aryl methyl sites for hydroxylation is 2. The van der Waals surface area contributed by atoms with Crippen molar-refractivity contribution in [1.82, 2.24) is 4.90 Å². The van der Waals surface area contributed by atoms with Crippen LogP contribution in [0.1, 0.15) is 30.9 Å². The normalized spacial score (nSPS) is 14.9. The Labute approximate surface area is 178 Å². The van der Waals surface area contributed by atoms with Gasteiger partial charge in [0.05, 0.1) is 18.8 Å². The number of carbonyl (C=O) groups is 2. The van der Waals surface area contributed by atoms with Crippen LogP contribution in [0.4, 0.5) is 11.4 Å². The first kappa shape index (κ1) is 21.8. The zero-order chi connectivity index (χ0) is 21.5. The summed E-state index contributed by atoms with van der Waals surface area (Å²) in [5, 5.41) is 6.00. The minimum atomic E-state index is -0.0571. The van der Waals surface area contributed by atoms with Crippen LogP contribution in [0.5, 0.6) is 5.75 Å². The van der Waals surface area contributed by atoms with Crippen molar-refractivity contribution in [2.24, 2.45) is 5.92 Å². The number of nitrogens with zero attached hydrogens (tertiary/aromatic N) is 1. The first-order chi connectivity index (χ1) is 14.5. The number of para-hydroxylation sites is 2. The monoisotopic (exact) mass is 409 g/mol. The molecular formula is C24H31N3O3. The Morgan fingerprint density at radius 1 is 1.03 bits per heavy atom. The summed E-state index contributed by atoms with van der Waals surface area (Å²) in [5.74, 6) is 0.629. The van der Waals surface area contributed by atoms with Gasteiger partial charge in [-0.25, -0.2) is 0 Å². The van der Waals surface area contributed by atoms with E-state index >= 15 is 0 Å². The summed E-state index contributed by atoms with van der Waals surface area (Å²) in [7, 11) is 0. The molecule has 0 saturated carbocycles. The SMILES string of the molecule is CCOc1ccccc1NC(=O)C1CCN(CC(=O)Nc2ccc(C)cc2C)CC1. The highest BCUT2D eigenvalue weighted by Gasteiger charge is 2.26. The molecule has 1 saturated heterocycles. The van der Waals surface area contributed by atoms with Crippen LogP contribution >= 0.6 is 0 Å². The number of benzene rings is 2. The fraction of sp³-hybridized carbons (Fsp3) is 0.417. The first-order valence-corrected chi connectivity index (χ1v) is 10.6. The third kappa shape index (κ3) is 5.83. The average molecular weight is 410 g/mol. The molecule has 2 aromatic rings. The van der Waals surface area contributed by atoms with E-state index in [2.05, 4.69) is 21.6 Å². The van der Waals surface area contributed by atoms with Crippen molar-refractivity contribution in [3.63, 3.8) is 0 Å². The topological polar surface area (TPSA) is 70.7 Å². The lowest BCUT2D eigenvalue weighted by Crippen LogP contribution is -2.41. The lowest BCUT2D eigenvalue weighted by atomic mass is 9.95. The molecule has 0 spiro atoms. The van der Waals surface area contributed by atoms with Gasteiger partial charge in [0, 0.05) is 11.6 Å². The third-order valence-electron chi connectivity index (χ3n) is 5.43. The van der Waals surface area contributed by atoms with E-state index in [1.54, 1.807) is 0 Å². The Kier molecular flexibility index (Phi) is 7.46. The summed E-state index contributed by atoms with van der Waals surface area (Å²) in [6, 6.07) is 13.5. The summed E-state index contributed by atoms with van der Waals surface area (Å²) >= 11 is 0. The minimum Gasteiger partial charge on any atom is -0.492 e. The summed E-state index contributed by atoms with van der Waals surface area (Å²) in [5.41, 5.74) is 3.80. The van der Waals surface area contributed by atoms with E-state index in [4.69, 9.17) is 4.74 Å². The Morgan fingerprint density at radius 3 is 2.47 bits per heavy atom. The predicted molar refractivity (Wildman–Crippen MR) is 120 cm³/mol. The van der Waals surface area contributed by atoms with Crippen molar-refractivity contribution in [3.8, 4) is 5.75 Å². The van der Waals surface area contributed by atoms with Crippen molar-refractivity contribution >= 4 is 23.2 Å². The summed E-state index contributed by atoms with van der Waals surface area (Å²) in [6.45, 7) is 8.30. The van der Waals surface area contributed by atoms with Gasteiger partial charge < -0.3 is 15.4 Å². The first-order valence-electron chi connectivity index (χ1n) is 10.6. The summed E-state index contributed by atoms with van der Waals surface area (Å²) in [4.78, 5) is 27.2. The van der Waals surface area contributed by atoms with Gasteiger partial charge in [0.15, 0.2) is 0 Å². The van der Waals surface area contributed by atoms with Gasteiger partial charge in [-0.2, -0.15) is 0 Å². The Hall–Kier alpha value is -2.86. The van der Waals surface area contributed by atoms with Gasteiger partial charge in [0.2, 0.25) is 11.8 Å². The van der Waals surface area contributed by atoms with E-state index in [9.17, 15) is 9.59 Å². The average Bonchev–Trinajstić information content (AvgIpc) is 2.72. The largest absolute Gasteiger partial charge is 0.492 e. The van der Waals surface area contributed by atoms with Crippen molar-refractivity contribution in [2.75, 3.05) is 36.9 Å². The van der Waals surface area contributed by atoms with Crippen LogP contribution in [0.15, 0.2) is 42.5 Å². The molecule has 2 amide bonds. The highest BCUT2D eigenvalue weighted by Crippen LogP contribution is 2.26. The molecule has 0 aliphatic carbocycles. The van der Waals surface area contributed by atoms with E-state index in [1.807, 2.05) is 57.2 Å². The van der Waals surface area contributed by atoms with Gasteiger partial charge in [0.1, 0.15) is 5.75 Å². The molecule has 30 heavy (non-hydrogen) atoms. The molecule has 1 aliphatic rings. The van der Waals surface area contributed by atoms with Gasteiger partial charge in [-0.05, 0) is 70.5 Å². The number of anilines is 2. The minimum absolute atomic E-state index is 0.0153. The van der Waals surface area contributed by atoms with E-state index < -0.39 is 0 Å². The molecule has 2 aromatic carbocycles. The second-order valence-electron chi connectivity index (χ2n) is 7.84. The zero-order valence-corrected chi connectivity index (χ0v) is 18.0. The van der Waals surface area contributed by atoms with Gasteiger partial charge in [-0.1, -0.05) is 29.8 Å². The van der Waals surface area contributed by atoms with Crippen LogP contribution in [0.2, 0.25) is 0 Å². The number of nitrogens with one attached hydrogen (secondary N) is 2. The van der Waals surface area contributed by atoms with Crippen LogP contribution in [0, 0.1) is 19.8 Å². The smallest absolute Gasteiger partial charge is 0.238 e. The fourth-order valence-corrected chi connectivity index (χ4v) is 3.79. The number of rotatable bonds is 7. The second kappa shape index (κ2) is 10.3. The van der Waals surface area contributed by atoms with Crippen molar-refractivity contribution < 1.29 is 14.3 Å². The zero-order valence-electron chi connectivity index (χ0n) is 18.0.